The van der Waals surface area contributed by atoms with Crippen molar-refractivity contribution in [2.45, 2.75) is 25.9 Å². The summed E-state index contributed by atoms with van der Waals surface area (Å²) in [5.41, 5.74) is 1.14. The highest BCUT2D eigenvalue weighted by Gasteiger charge is 2.02. The summed E-state index contributed by atoms with van der Waals surface area (Å²) in [6, 6.07) is 2.53. The van der Waals surface area contributed by atoms with Gasteiger partial charge in [0.05, 0.1) is 0 Å². The van der Waals surface area contributed by atoms with Crippen LogP contribution in [0.2, 0.25) is 0 Å². The number of H-pyrrole nitrogens is 1. The molecule has 1 unspecified atom stereocenters. The van der Waals surface area contributed by atoms with Gasteiger partial charge in [0.2, 0.25) is 0 Å². The molecule has 0 aliphatic heterocycles. The summed E-state index contributed by atoms with van der Waals surface area (Å²) >= 11 is 0. The van der Waals surface area contributed by atoms with E-state index in [1.165, 1.54) is 6.42 Å². The molecule has 2 N–H and O–H groups in total. The molecule has 4 nitrogen and oxygen atoms in total. The van der Waals surface area contributed by atoms with Gasteiger partial charge in [-0.25, -0.2) is 0 Å². The largest absolute Gasteiger partial charge is 0.309 e. The maximum Gasteiger partial charge on any atom is 0.0490 e. The van der Waals surface area contributed by atoms with Gasteiger partial charge in [-0.3, -0.25) is 5.10 Å². The molecule has 0 bridgehead atoms. The average molecular weight is 196 g/mol. The first-order chi connectivity index (χ1) is 6.68. The lowest BCUT2D eigenvalue weighted by Crippen LogP contribution is -2.29. The van der Waals surface area contributed by atoms with Crippen molar-refractivity contribution in [3.05, 3.63) is 18.0 Å². The van der Waals surface area contributed by atoms with Gasteiger partial charge in [0.15, 0.2) is 0 Å². The Balaban J connectivity index is 2.12. The average Bonchev–Trinajstić information content (AvgIpc) is 2.63. The standard InChI is InChI=1S/C10H20N4/c1-9(5-7-14(2)3)11-8-10-4-6-12-13-10/h4,6,9,11H,5,7-8H2,1-3H3,(H,12,13). The molecule has 0 fully saturated rings. The highest BCUT2D eigenvalue weighted by molar-refractivity contribution is 4.96. The smallest absolute Gasteiger partial charge is 0.0490 e. The van der Waals surface area contributed by atoms with Crippen molar-refractivity contribution in [1.29, 1.82) is 0 Å². The van der Waals surface area contributed by atoms with Gasteiger partial charge in [0.1, 0.15) is 0 Å². The van der Waals surface area contributed by atoms with Crippen LogP contribution in [0.5, 0.6) is 0 Å². The summed E-state index contributed by atoms with van der Waals surface area (Å²) in [6.07, 6.45) is 2.95. The molecule has 1 aromatic heterocycles. The van der Waals surface area contributed by atoms with Crippen molar-refractivity contribution in [2.24, 2.45) is 0 Å². The molecule has 0 radical (unpaired) electrons. The quantitative estimate of drug-likeness (QED) is 0.708. The van der Waals surface area contributed by atoms with E-state index in [-0.39, 0.29) is 0 Å². The number of nitrogens with zero attached hydrogens (tertiary/aromatic N) is 2. The Kier molecular flexibility index (Phi) is 4.62. The minimum Gasteiger partial charge on any atom is -0.309 e. The Morgan fingerprint density at radius 2 is 2.36 bits per heavy atom. The van der Waals surface area contributed by atoms with Crippen LogP contribution in [-0.2, 0) is 6.54 Å². The number of aromatic nitrogens is 2. The molecular weight excluding hydrogens is 176 g/mol. The first kappa shape index (κ1) is 11.2. The molecule has 1 atom stereocenters. The lowest BCUT2D eigenvalue weighted by atomic mass is 10.2. The van der Waals surface area contributed by atoms with Crippen LogP contribution in [0, 0.1) is 0 Å². The van der Waals surface area contributed by atoms with Gasteiger partial charge < -0.3 is 10.2 Å². The van der Waals surface area contributed by atoms with E-state index >= 15 is 0 Å². The van der Waals surface area contributed by atoms with Crippen molar-refractivity contribution < 1.29 is 0 Å². The molecule has 0 aromatic carbocycles. The summed E-state index contributed by atoms with van der Waals surface area (Å²) in [5.74, 6) is 0. The highest BCUT2D eigenvalue weighted by Crippen LogP contribution is 1.95. The first-order valence-corrected chi connectivity index (χ1v) is 5.05. The second-order valence-electron chi connectivity index (χ2n) is 3.96. The van der Waals surface area contributed by atoms with E-state index in [9.17, 15) is 0 Å². The van der Waals surface area contributed by atoms with Gasteiger partial charge in [0.25, 0.3) is 0 Å². The monoisotopic (exact) mass is 196 g/mol. The maximum atomic E-state index is 3.90. The van der Waals surface area contributed by atoms with Crippen LogP contribution >= 0.6 is 0 Å². The van der Waals surface area contributed by atoms with Crippen LogP contribution in [0.4, 0.5) is 0 Å². The van der Waals surface area contributed by atoms with Crippen LogP contribution in [0.1, 0.15) is 19.0 Å². The van der Waals surface area contributed by atoms with E-state index in [2.05, 4.69) is 41.4 Å². The van der Waals surface area contributed by atoms with Crippen LogP contribution < -0.4 is 5.32 Å². The zero-order valence-corrected chi connectivity index (χ0v) is 9.25. The van der Waals surface area contributed by atoms with E-state index in [4.69, 9.17) is 0 Å². The minimum absolute atomic E-state index is 0.542. The summed E-state index contributed by atoms with van der Waals surface area (Å²) < 4.78 is 0. The summed E-state index contributed by atoms with van der Waals surface area (Å²) in [4.78, 5) is 2.20. The summed E-state index contributed by atoms with van der Waals surface area (Å²) in [7, 11) is 4.20. The molecule has 1 heterocycles. The number of rotatable bonds is 6. The van der Waals surface area contributed by atoms with Crippen molar-refractivity contribution in [1.82, 2.24) is 20.4 Å². The minimum atomic E-state index is 0.542. The van der Waals surface area contributed by atoms with Crippen molar-refractivity contribution in [3.63, 3.8) is 0 Å². The predicted molar refractivity (Wildman–Crippen MR) is 58.1 cm³/mol. The van der Waals surface area contributed by atoms with Gasteiger partial charge in [-0.15, -0.1) is 0 Å². The maximum absolute atomic E-state index is 3.90. The summed E-state index contributed by atoms with van der Waals surface area (Å²) in [5, 5.41) is 10.3. The number of hydrogen-bond donors (Lipinski definition) is 2. The Bertz CT molecular complexity index is 230. The van der Waals surface area contributed by atoms with E-state index in [1.54, 1.807) is 6.20 Å². The van der Waals surface area contributed by atoms with Crippen LogP contribution in [0.3, 0.4) is 0 Å². The highest BCUT2D eigenvalue weighted by atomic mass is 15.1. The molecular formula is C10H20N4. The fourth-order valence-corrected chi connectivity index (χ4v) is 1.22. The Labute approximate surface area is 85.7 Å². The number of nitrogens with one attached hydrogen (secondary N) is 2. The topological polar surface area (TPSA) is 44.0 Å². The lowest BCUT2D eigenvalue weighted by molar-refractivity contribution is 0.365. The Hall–Kier alpha value is -0.870. The van der Waals surface area contributed by atoms with Gasteiger partial charge >= 0.3 is 0 Å². The Morgan fingerprint density at radius 1 is 1.57 bits per heavy atom. The molecule has 14 heavy (non-hydrogen) atoms. The molecule has 80 valence electrons. The molecule has 0 aliphatic carbocycles. The van der Waals surface area contributed by atoms with Crippen LogP contribution in [-0.4, -0.2) is 41.8 Å². The zero-order valence-electron chi connectivity index (χ0n) is 9.25. The normalized spacial score (nSPS) is 13.4. The SMILES string of the molecule is CC(CCN(C)C)NCc1ccn[nH]1. The number of hydrogen-bond acceptors (Lipinski definition) is 3. The molecule has 0 amide bonds. The van der Waals surface area contributed by atoms with Crippen molar-refractivity contribution in [3.8, 4) is 0 Å². The van der Waals surface area contributed by atoms with Gasteiger partial charge in [-0.1, -0.05) is 0 Å². The third-order valence-corrected chi connectivity index (χ3v) is 2.21. The molecule has 0 saturated heterocycles. The van der Waals surface area contributed by atoms with Crippen molar-refractivity contribution in [2.75, 3.05) is 20.6 Å². The van der Waals surface area contributed by atoms with E-state index in [0.29, 0.717) is 6.04 Å². The van der Waals surface area contributed by atoms with E-state index in [0.717, 1.165) is 18.8 Å². The predicted octanol–water partition coefficient (Wildman–Crippen LogP) is 0.839. The van der Waals surface area contributed by atoms with Gasteiger partial charge in [0, 0.05) is 24.5 Å². The third-order valence-electron chi connectivity index (χ3n) is 2.21. The number of aromatic amines is 1. The molecule has 1 rings (SSSR count). The first-order valence-electron chi connectivity index (χ1n) is 5.05. The molecule has 0 spiro atoms. The summed E-state index contributed by atoms with van der Waals surface area (Å²) in [6.45, 7) is 4.20. The van der Waals surface area contributed by atoms with Crippen LogP contribution in [0.25, 0.3) is 0 Å². The van der Waals surface area contributed by atoms with Gasteiger partial charge in [-0.2, -0.15) is 5.10 Å². The van der Waals surface area contributed by atoms with E-state index in [1.807, 2.05) is 6.07 Å². The Morgan fingerprint density at radius 3 is 2.93 bits per heavy atom. The second-order valence-corrected chi connectivity index (χ2v) is 3.96. The molecule has 4 heteroatoms. The lowest BCUT2D eigenvalue weighted by Gasteiger charge is -2.16. The molecule has 1 aromatic rings. The molecule has 0 aliphatic rings. The third kappa shape index (κ3) is 4.39. The van der Waals surface area contributed by atoms with E-state index < -0.39 is 0 Å². The fourth-order valence-electron chi connectivity index (χ4n) is 1.22. The second kappa shape index (κ2) is 5.78. The van der Waals surface area contributed by atoms with Crippen molar-refractivity contribution >= 4 is 0 Å². The molecule has 0 saturated carbocycles. The van der Waals surface area contributed by atoms with Gasteiger partial charge in [-0.05, 0) is 40.1 Å². The zero-order chi connectivity index (χ0) is 10.4. The van der Waals surface area contributed by atoms with Crippen LogP contribution in [0.15, 0.2) is 12.3 Å². The fraction of sp³-hybridized carbons (Fsp3) is 0.700.